The van der Waals surface area contributed by atoms with Crippen LogP contribution in [0.1, 0.15) is 28.2 Å². The molecule has 124 valence electrons. The molecule has 1 fully saturated rings. The van der Waals surface area contributed by atoms with Crippen LogP contribution in [0.5, 0.6) is 0 Å². The molecule has 3 rings (SSSR count). The van der Waals surface area contributed by atoms with Gasteiger partial charge in [-0.2, -0.15) is 18.3 Å². The summed E-state index contributed by atoms with van der Waals surface area (Å²) in [5.41, 5.74) is 0.487. The number of rotatable bonds is 2. The molecule has 1 aliphatic heterocycles. The van der Waals surface area contributed by atoms with Crippen molar-refractivity contribution >= 4 is 17.2 Å². The van der Waals surface area contributed by atoms with Gasteiger partial charge in [-0.1, -0.05) is 0 Å². The molecule has 6 nitrogen and oxygen atoms in total. The average molecular weight is 345 g/mol. The molecule has 0 spiro atoms. The number of halogens is 3. The molecule has 0 unspecified atom stereocenters. The van der Waals surface area contributed by atoms with Gasteiger partial charge in [-0.15, -0.1) is 11.3 Å². The zero-order valence-electron chi connectivity index (χ0n) is 12.2. The third-order valence-electron chi connectivity index (χ3n) is 3.78. The first kappa shape index (κ1) is 15.9. The SMILES string of the molecule is Cc1nc(-c2ncn[nH]2)sc1C(=O)N1CCC[C@H](C(F)(F)F)C1. The molecule has 2 aromatic rings. The second-order valence-corrected chi connectivity index (χ2v) is 6.40. The number of nitrogens with one attached hydrogen (secondary N) is 1. The van der Waals surface area contributed by atoms with Gasteiger partial charge in [-0.05, 0) is 19.8 Å². The Morgan fingerprint density at radius 1 is 1.48 bits per heavy atom. The normalized spacial score (nSPS) is 19.1. The van der Waals surface area contributed by atoms with Crippen molar-refractivity contribution in [2.24, 2.45) is 5.92 Å². The molecule has 0 aliphatic carbocycles. The van der Waals surface area contributed by atoms with Crippen LogP contribution in [0, 0.1) is 12.8 Å². The quantitative estimate of drug-likeness (QED) is 0.908. The molecule has 1 aliphatic rings. The van der Waals surface area contributed by atoms with Gasteiger partial charge in [-0.3, -0.25) is 9.89 Å². The number of amides is 1. The Morgan fingerprint density at radius 3 is 2.91 bits per heavy atom. The van der Waals surface area contributed by atoms with Crippen molar-refractivity contribution in [3.05, 3.63) is 16.9 Å². The summed E-state index contributed by atoms with van der Waals surface area (Å²) in [6.07, 6.45) is -2.53. The summed E-state index contributed by atoms with van der Waals surface area (Å²) in [4.78, 5) is 22.4. The van der Waals surface area contributed by atoms with E-state index in [-0.39, 0.29) is 13.0 Å². The zero-order chi connectivity index (χ0) is 16.6. The Bertz CT molecular complexity index is 697. The molecule has 2 aromatic heterocycles. The average Bonchev–Trinajstić information content (AvgIpc) is 3.15. The van der Waals surface area contributed by atoms with Gasteiger partial charge in [0.25, 0.3) is 5.91 Å². The topological polar surface area (TPSA) is 74.8 Å². The second kappa shape index (κ2) is 5.91. The van der Waals surface area contributed by atoms with Gasteiger partial charge in [0.1, 0.15) is 11.2 Å². The van der Waals surface area contributed by atoms with Crippen LogP contribution in [0.3, 0.4) is 0 Å². The van der Waals surface area contributed by atoms with Crippen LogP contribution in [-0.2, 0) is 0 Å². The summed E-state index contributed by atoms with van der Waals surface area (Å²) in [7, 11) is 0. The van der Waals surface area contributed by atoms with E-state index < -0.39 is 18.0 Å². The summed E-state index contributed by atoms with van der Waals surface area (Å²) in [5, 5.41) is 6.87. The monoisotopic (exact) mass is 345 g/mol. The van der Waals surface area contributed by atoms with Crippen LogP contribution in [0.25, 0.3) is 10.8 Å². The number of nitrogens with zero attached hydrogens (tertiary/aromatic N) is 4. The van der Waals surface area contributed by atoms with Crippen molar-refractivity contribution in [1.82, 2.24) is 25.1 Å². The van der Waals surface area contributed by atoms with Crippen molar-refractivity contribution in [2.75, 3.05) is 13.1 Å². The highest BCUT2D eigenvalue weighted by atomic mass is 32.1. The molecule has 0 bridgehead atoms. The summed E-state index contributed by atoms with van der Waals surface area (Å²) in [6, 6.07) is 0. The van der Waals surface area contributed by atoms with Crippen LogP contribution in [0.2, 0.25) is 0 Å². The lowest BCUT2D eigenvalue weighted by atomic mass is 9.97. The highest BCUT2D eigenvalue weighted by Gasteiger charge is 2.43. The van der Waals surface area contributed by atoms with Gasteiger partial charge in [0.2, 0.25) is 0 Å². The summed E-state index contributed by atoms with van der Waals surface area (Å²) in [6.45, 7) is 1.70. The molecule has 23 heavy (non-hydrogen) atoms. The fourth-order valence-electron chi connectivity index (χ4n) is 2.58. The molecule has 0 saturated carbocycles. The first-order valence-electron chi connectivity index (χ1n) is 7.05. The van der Waals surface area contributed by atoms with Gasteiger partial charge >= 0.3 is 6.18 Å². The van der Waals surface area contributed by atoms with E-state index in [1.165, 1.54) is 11.2 Å². The van der Waals surface area contributed by atoms with Crippen molar-refractivity contribution < 1.29 is 18.0 Å². The number of likely N-dealkylation sites (tertiary alicyclic amines) is 1. The number of thiazole rings is 1. The van der Waals surface area contributed by atoms with E-state index in [2.05, 4.69) is 20.2 Å². The van der Waals surface area contributed by atoms with Crippen LogP contribution in [0.4, 0.5) is 13.2 Å². The standard InChI is InChI=1S/C13H14F3N5OS/c1-7-9(23-11(19-7)10-17-6-18-20-10)12(22)21-4-2-3-8(5-21)13(14,15)16/h6,8H,2-5H2,1H3,(H,17,18,20)/t8-/m0/s1. The lowest BCUT2D eigenvalue weighted by Gasteiger charge is -2.33. The molecular formula is C13H14F3N5OS. The summed E-state index contributed by atoms with van der Waals surface area (Å²) in [5.74, 6) is -1.43. The summed E-state index contributed by atoms with van der Waals surface area (Å²) >= 11 is 1.11. The number of aromatic nitrogens is 4. The van der Waals surface area contributed by atoms with Crippen molar-refractivity contribution in [1.29, 1.82) is 0 Å². The molecule has 0 radical (unpaired) electrons. The van der Waals surface area contributed by atoms with Gasteiger partial charge in [0, 0.05) is 13.1 Å². The van der Waals surface area contributed by atoms with E-state index in [1.807, 2.05) is 0 Å². The first-order valence-corrected chi connectivity index (χ1v) is 7.87. The Kier molecular flexibility index (Phi) is 4.09. The van der Waals surface area contributed by atoms with E-state index in [1.54, 1.807) is 6.92 Å². The number of carbonyl (C=O) groups is 1. The van der Waals surface area contributed by atoms with E-state index in [9.17, 15) is 18.0 Å². The lowest BCUT2D eigenvalue weighted by Crippen LogP contribution is -2.44. The Morgan fingerprint density at radius 2 is 2.26 bits per heavy atom. The molecule has 1 N–H and O–H groups in total. The minimum atomic E-state index is -4.27. The smallest absolute Gasteiger partial charge is 0.337 e. The third-order valence-corrected chi connectivity index (χ3v) is 4.93. The maximum Gasteiger partial charge on any atom is 0.393 e. The molecule has 3 heterocycles. The maximum absolute atomic E-state index is 12.9. The molecular weight excluding hydrogens is 331 g/mol. The van der Waals surface area contributed by atoms with E-state index in [0.717, 1.165) is 11.3 Å². The van der Waals surface area contributed by atoms with Crippen LogP contribution in [-0.4, -0.2) is 50.2 Å². The number of carbonyl (C=O) groups excluding carboxylic acids is 1. The largest absolute Gasteiger partial charge is 0.393 e. The van der Waals surface area contributed by atoms with Crippen molar-refractivity contribution in [3.63, 3.8) is 0 Å². The molecule has 1 saturated heterocycles. The fourth-order valence-corrected chi connectivity index (χ4v) is 3.56. The van der Waals surface area contributed by atoms with Crippen LogP contribution < -0.4 is 0 Å². The number of hydrogen-bond donors (Lipinski definition) is 1. The van der Waals surface area contributed by atoms with Crippen LogP contribution in [0.15, 0.2) is 6.33 Å². The fraction of sp³-hybridized carbons (Fsp3) is 0.538. The Hall–Kier alpha value is -1.97. The zero-order valence-corrected chi connectivity index (χ0v) is 13.0. The van der Waals surface area contributed by atoms with Gasteiger partial charge in [-0.25, -0.2) is 9.97 Å². The molecule has 0 aromatic carbocycles. The van der Waals surface area contributed by atoms with E-state index >= 15 is 0 Å². The van der Waals surface area contributed by atoms with Gasteiger partial charge in [0.15, 0.2) is 10.8 Å². The number of hydrogen-bond acceptors (Lipinski definition) is 5. The third kappa shape index (κ3) is 3.21. The maximum atomic E-state index is 12.9. The van der Waals surface area contributed by atoms with Gasteiger partial charge < -0.3 is 4.90 Å². The number of alkyl halides is 3. The molecule has 1 atom stereocenters. The number of aromatic amines is 1. The van der Waals surface area contributed by atoms with Crippen molar-refractivity contribution in [2.45, 2.75) is 25.9 Å². The highest BCUT2D eigenvalue weighted by molar-refractivity contribution is 7.17. The van der Waals surface area contributed by atoms with E-state index in [0.29, 0.717) is 34.4 Å². The Labute approximate surface area is 133 Å². The lowest BCUT2D eigenvalue weighted by molar-refractivity contribution is -0.184. The predicted molar refractivity (Wildman–Crippen MR) is 76.9 cm³/mol. The van der Waals surface area contributed by atoms with Crippen LogP contribution >= 0.6 is 11.3 Å². The minimum Gasteiger partial charge on any atom is -0.337 e. The Balaban J connectivity index is 1.80. The molecule has 10 heteroatoms. The number of piperidine rings is 1. The van der Waals surface area contributed by atoms with E-state index in [4.69, 9.17) is 0 Å². The summed E-state index contributed by atoms with van der Waals surface area (Å²) < 4.78 is 38.6. The van der Waals surface area contributed by atoms with Crippen molar-refractivity contribution in [3.8, 4) is 10.8 Å². The second-order valence-electron chi connectivity index (χ2n) is 5.40. The minimum absolute atomic E-state index is 0.0677. The highest BCUT2D eigenvalue weighted by Crippen LogP contribution is 2.34. The number of H-pyrrole nitrogens is 1. The predicted octanol–water partition coefficient (Wildman–Crippen LogP) is 2.65. The number of aryl methyl sites for hydroxylation is 1. The first-order chi connectivity index (χ1) is 10.9. The molecule has 1 amide bonds. The van der Waals surface area contributed by atoms with Gasteiger partial charge in [0.05, 0.1) is 11.6 Å².